The van der Waals surface area contributed by atoms with E-state index in [0.29, 0.717) is 0 Å². The fourth-order valence-corrected chi connectivity index (χ4v) is 1.69. The zero-order chi connectivity index (χ0) is 10.6. The standard InChI is InChI=1S/C13H19N/c1-4-5-6-13(14)12-8-7-10(2)9-11(12)3/h4,7-9,13H,1,5-6,14H2,2-3H3/t13-/m1/s1. The molecule has 0 aliphatic rings. The number of hydrogen-bond donors (Lipinski definition) is 1. The first-order valence-corrected chi connectivity index (χ1v) is 5.08. The third kappa shape index (κ3) is 2.71. The number of allylic oxidation sites excluding steroid dienone is 1. The fourth-order valence-electron chi connectivity index (χ4n) is 1.69. The average Bonchev–Trinajstić information content (AvgIpc) is 2.14. The van der Waals surface area contributed by atoms with E-state index in [4.69, 9.17) is 5.73 Å². The highest BCUT2D eigenvalue weighted by Gasteiger charge is 2.07. The van der Waals surface area contributed by atoms with Gasteiger partial charge >= 0.3 is 0 Å². The van der Waals surface area contributed by atoms with Gasteiger partial charge in [-0.3, -0.25) is 0 Å². The minimum atomic E-state index is 0.147. The molecule has 1 nitrogen and oxygen atoms in total. The van der Waals surface area contributed by atoms with E-state index in [1.54, 1.807) is 0 Å². The molecule has 1 heteroatoms. The van der Waals surface area contributed by atoms with Crippen LogP contribution >= 0.6 is 0 Å². The first-order valence-electron chi connectivity index (χ1n) is 5.08. The molecule has 0 aliphatic heterocycles. The lowest BCUT2D eigenvalue weighted by molar-refractivity contribution is 0.657. The zero-order valence-electron chi connectivity index (χ0n) is 9.09. The van der Waals surface area contributed by atoms with Crippen LogP contribution in [0.2, 0.25) is 0 Å². The smallest absolute Gasteiger partial charge is 0.0300 e. The molecular weight excluding hydrogens is 170 g/mol. The Kier molecular flexibility index (Phi) is 3.90. The predicted molar refractivity (Wildman–Crippen MR) is 62.3 cm³/mol. The summed E-state index contributed by atoms with van der Waals surface area (Å²) in [6.45, 7) is 7.93. The van der Waals surface area contributed by atoms with Crippen LogP contribution in [-0.4, -0.2) is 0 Å². The molecule has 76 valence electrons. The molecule has 2 N–H and O–H groups in total. The number of aryl methyl sites for hydroxylation is 2. The maximum absolute atomic E-state index is 6.08. The lowest BCUT2D eigenvalue weighted by Gasteiger charge is -2.14. The van der Waals surface area contributed by atoms with E-state index in [1.165, 1.54) is 16.7 Å². The van der Waals surface area contributed by atoms with E-state index in [2.05, 4.69) is 38.6 Å². The van der Waals surface area contributed by atoms with E-state index in [0.717, 1.165) is 12.8 Å². The highest BCUT2D eigenvalue weighted by Crippen LogP contribution is 2.20. The van der Waals surface area contributed by atoms with Crippen LogP contribution in [0.15, 0.2) is 30.9 Å². The Bertz CT molecular complexity index is 315. The van der Waals surface area contributed by atoms with Crippen LogP contribution in [0.4, 0.5) is 0 Å². The number of nitrogens with two attached hydrogens (primary N) is 1. The highest BCUT2D eigenvalue weighted by molar-refractivity contribution is 5.32. The van der Waals surface area contributed by atoms with E-state index in [-0.39, 0.29) is 6.04 Å². The summed E-state index contributed by atoms with van der Waals surface area (Å²) in [5.74, 6) is 0. The molecule has 0 aliphatic carbocycles. The van der Waals surface area contributed by atoms with Crippen molar-refractivity contribution in [3.05, 3.63) is 47.5 Å². The van der Waals surface area contributed by atoms with Crippen molar-refractivity contribution in [1.82, 2.24) is 0 Å². The lowest BCUT2D eigenvalue weighted by Crippen LogP contribution is -2.11. The van der Waals surface area contributed by atoms with Gasteiger partial charge in [0.05, 0.1) is 0 Å². The maximum atomic E-state index is 6.08. The van der Waals surface area contributed by atoms with E-state index >= 15 is 0 Å². The van der Waals surface area contributed by atoms with Crippen LogP contribution in [0.25, 0.3) is 0 Å². The van der Waals surface area contributed by atoms with Crippen molar-refractivity contribution in [3.8, 4) is 0 Å². The minimum Gasteiger partial charge on any atom is -0.324 e. The SMILES string of the molecule is C=CCC[C@@H](N)c1ccc(C)cc1C. The van der Waals surface area contributed by atoms with E-state index < -0.39 is 0 Å². The van der Waals surface area contributed by atoms with Crippen LogP contribution in [0.1, 0.15) is 35.6 Å². The van der Waals surface area contributed by atoms with E-state index in [9.17, 15) is 0 Å². The molecule has 0 spiro atoms. The van der Waals surface area contributed by atoms with E-state index in [1.807, 2.05) is 6.08 Å². The summed E-state index contributed by atoms with van der Waals surface area (Å²) in [4.78, 5) is 0. The fraction of sp³-hybridized carbons (Fsp3) is 0.385. The van der Waals surface area contributed by atoms with Crippen LogP contribution in [0.3, 0.4) is 0 Å². The molecular formula is C13H19N. The van der Waals surface area contributed by atoms with Gasteiger partial charge in [0.1, 0.15) is 0 Å². The summed E-state index contributed by atoms with van der Waals surface area (Å²) in [5, 5.41) is 0. The zero-order valence-corrected chi connectivity index (χ0v) is 9.09. The third-order valence-corrected chi connectivity index (χ3v) is 2.51. The molecule has 0 saturated heterocycles. The Morgan fingerprint density at radius 1 is 1.43 bits per heavy atom. The number of hydrogen-bond acceptors (Lipinski definition) is 1. The summed E-state index contributed by atoms with van der Waals surface area (Å²) in [5.41, 5.74) is 9.93. The second-order valence-electron chi connectivity index (χ2n) is 3.83. The molecule has 0 saturated carbocycles. The molecule has 1 aromatic rings. The van der Waals surface area contributed by atoms with Gasteiger partial charge in [0.2, 0.25) is 0 Å². The van der Waals surface area contributed by atoms with Crippen molar-refractivity contribution in [2.24, 2.45) is 5.73 Å². The molecule has 1 atom stereocenters. The largest absolute Gasteiger partial charge is 0.324 e. The van der Waals surface area contributed by atoms with Crippen LogP contribution in [0.5, 0.6) is 0 Å². The Hall–Kier alpha value is -1.08. The Morgan fingerprint density at radius 2 is 2.14 bits per heavy atom. The highest BCUT2D eigenvalue weighted by atomic mass is 14.6. The molecule has 0 heterocycles. The van der Waals surface area contributed by atoms with Gasteiger partial charge in [-0.2, -0.15) is 0 Å². The summed E-state index contributed by atoms with van der Waals surface area (Å²) in [7, 11) is 0. The molecule has 0 amide bonds. The van der Waals surface area contributed by atoms with Crippen molar-refractivity contribution in [1.29, 1.82) is 0 Å². The molecule has 0 unspecified atom stereocenters. The lowest BCUT2D eigenvalue weighted by atomic mass is 9.97. The van der Waals surface area contributed by atoms with Crippen molar-refractivity contribution in [2.45, 2.75) is 32.7 Å². The molecule has 0 radical (unpaired) electrons. The van der Waals surface area contributed by atoms with Gasteiger partial charge in [0.25, 0.3) is 0 Å². The Balaban J connectivity index is 2.78. The van der Waals surface area contributed by atoms with Crippen LogP contribution in [-0.2, 0) is 0 Å². The quantitative estimate of drug-likeness (QED) is 0.723. The number of benzene rings is 1. The second kappa shape index (κ2) is 4.97. The third-order valence-electron chi connectivity index (χ3n) is 2.51. The summed E-state index contributed by atoms with van der Waals surface area (Å²) in [6, 6.07) is 6.59. The Labute approximate surface area is 86.6 Å². The normalized spacial score (nSPS) is 12.5. The topological polar surface area (TPSA) is 26.0 Å². The van der Waals surface area contributed by atoms with Gasteiger partial charge in [0, 0.05) is 6.04 Å². The van der Waals surface area contributed by atoms with Gasteiger partial charge in [-0.1, -0.05) is 29.8 Å². The van der Waals surface area contributed by atoms with Crippen molar-refractivity contribution < 1.29 is 0 Å². The van der Waals surface area contributed by atoms with Gasteiger partial charge < -0.3 is 5.73 Å². The summed E-state index contributed by atoms with van der Waals surface area (Å²) < 4.78 is 0. The molecule has 0 fully saturated rings. The van der Waals surface area contributed by atoms with Gasteiger partial charge in [-0.15, -0.1) is 6.58 Å². The van der Waals surface area contributed by atoms with Gasteiger partial charge in [-0.25, -0.2) is 0 Å². The van der Waals surface area contributed by atoms with Crippen molar-refractivity contribution in [3.63, 3.8) is 0 Å². The minimum absolute atomic E-state index is 0.147. The summed E-state index contributed by atoms with van der Waals surface area (Å²) in [6.07, 6.45) is 3.88. The molecule has 1 aromatic carbocycles. The molecule has 0 bridgehead atoms. The van der Waals surface area contributed by atoms with Crippen molar-refractivity contribution in [2.75, 3.05) is 0 Å². The number of rotatable bonds is 4. The van der Waals surface area contributed by atoms with Gasteiger partial charge in [0.15, 0.2) is 0 Å². The molecule has 14 heavy (non-hydrogen) atoms. The molecule has 1 rings (SSSR count). The first-order chi connectivity index (χ1) is 6.65. The van der Waals surface area contributed by atoms with Crippen molar-refractivity contribution >= 4 is 0 Å². The monoisotopic (exact) mass is 189 g/mol. The van der Waals surface area contributed by atoms with Crippen LogP contribution in [0, 0.1) is 13.8 Å². The average molecular weight is 189 g/mol. The van der Waals surface area contributed by atoms with Crippen LogP contribution < -0.4 is 5.73 Å². The summed E-state index contributed by atoms with van der Waals surface area (Å²) >= 11 is 0. The Morgan fingerprint density at radius 3 is 2.71 bits per heavy atom. The predicted octanol–water partition coefficient (Wildman–Crippen LogP) is 3.27. The first kappa shape index (κ1) is 11.0. The van der Waals surface area contributed by atoms with Gasteiger partial charge in [-0.05, 0) is 37.8 Å². The molecule has 0 aromatic heterocycles. The second-order valence-corrected chi connectivity index (χ2v) is 3.83. The maximum Gasteiger partial charge on any atom is 0.0300 e.